The van der Waals surface area contributed by atoms with Crippen molar-refractivity contribution >= 4 is 29.0 Å². The van der Waals surface area contributed by atoms with Crippen molar-refractivity contribution in [1.29, 1.82) is 0 Å². The molecule has 1 aliphatic rings. The molecule has 1 fully saturated rings. The van der Waals surface area contributed by atoms with Gasteiger partial charge in [0.15, 0.2) is 0 Å². The topological polar surface area (TPSA) is 71.5 Å². The number of hydrogen-bond acceptors (Lipinski definition) is 5. The van der Waals surface area contributed by atoms with Crippen LogP contribution < -0.4 is 10.2 Å². The summed E-state index contributed by atoms with van der Waals surface area (Å²) < 4.78 is 20.1. The van der Waals surface area contributed by atoms with E-state index in [0.717, 1.165) is 15.3 Å². The number of amides is 2. The molecule has 3 heterocycles. The van der Waals surface area contributed by atoms with Crippen molar-refractivity contribution in [3.63, 3.8) is 0 Å². The lowest BCUT2D eigenvalue weighted by Gasteiger charge is -2.14. The van der Waals surface area contributed by atoms with Crippen LogP contribution in [0.25, 0.3) is 20.9 Å². The van der Waals surface area contributed by atoms with Crippen LogP contribution in [0.3, 0.4) is 0 Å². The predicted molar refractivity (Wildman–Crippen MR) is 109 cm³/mol. The van der Waals surface area contributed by atoms with Crippen LogP contribution in [0, 0.1) is 5.82 Å². The zero-order valence-corrected chi connectivity index (χ0v) is 16.4. The Kier molecular flexibility index (Phi) is 5.26. The Morgan fingerprint density at radius 1 is 1.31 bits per heavy atom. The Bertz CT molecular complexity index is 1050. The molecule has 1 aliphatic heterocycles. The molecule has 148 valence electrons. The van der Waals surface area contributed by atoms with Crippen LogP contribution in [0.2, 0.25) is 0 Å². The van der Waals surface area contributed by atoms with Gasteiger partial charge in [-0.05, 0) is 36.4 Å². The number of hydrogen-bond donors (Lipinski definition) is 1. The summed E-state index contributed by atoms with van der Waals surface area (Å²) in [5.74, 6) is -0.614. The molecule has 0 radical (unpaired) electrons. The lowest BCUT2D eigenvalue weighted by molar-refractivity contribution is -0.119. The largest absolute Gasteiger partial charge is 0.442 e. The summed E-state index contributed by atoms with van der Waals surface area (Å²) in [4.78, 5) is 30.4. The Balaban J connectivity index is 1.52. The van der Waals surface area contributed by atoms with Crippen LogP contribution in [0.15, 0.2) is 54.9 Å². The number of rotatable bonds is 5. The highest BCUT2D eigenvalue weighted by atomic mass is 32.1. The van der Waals surface area contributed by atoms with Crippen LogP contribution >= 0.6 is 11.3 Å². The maximum Gasteiger partial charge on any atom is 0.414 e. The van der Waals surface area contributed by atoms with Gasteiger partial charge in [-0.3, -0.25) is 14.7 Å². The maximum atomic E-state index is 14.8. The first-order chi connectivity index (χ1) is 14.0. The molecule has 8 heteroatoms. The average Bonchev–Trinajstić information content (AvgIpc) is 3.34. The van der Waals surface area contributed by atoms with Gasteiger partial charge in [0.05, 0.1) is 18.8 Å². The molecule has 2 amide bonds. The average molecular weight is 411 g/mol. The van der Waals surface area contributed by atoms with Gasteiger partial charge in [-0.2, -0.15) is 0 Å². The lowest BCUT2D eigenvalue weighted by atomic mass is 10.1. The van der Waals surface area contributed by atoms with Crippen molar-refractivity contribution in [3.05, 3.63) is 60.7 Å². The summed E-state index contributed by atoms with van der Waals surface area (Å²) in [6.45, 7) is 1.87. The highest BCUT2D eigenvalue weighted by Crippen LogP contribution is 2.36. The number of carbonyl (C=O) groups is 2. The Hall–Kier alpha value is -3.26. The SMILES string of the molecule is CC(=O)NCC1CN(c2ccc(-c3ccc(-c4cccnc4)s3)c(F)c2)C(=O)O1. The third-order valence-electron chi connectivity index (χ3n) is 4.53. The molecule has 1 N–H and O–H groups in total. The molecular formula is C21H18FN3O3S. The highest BCUT2D eigenvalue weighted by Gasteiger charge is 2.32. The van der Waals surface area contributed by atoms with Gasteiger partial charge in [-0.1, -0.05) is 6.07 Å². The minimum Gasteiger partial charge on any atom is -0.442 e. The number of nitrogens with one attached hydrogen (secondary N) is 1. The van der Waals surface area contributed by atoms with E-state index < -0.39 is 18.0 Å². The Morgan fingerprint density at radius 3 is 2.86 bits per heavy atom. The summed E-state index contributed by atoms with van der Waals surface area (Å²) in [5, 5.41) is 2.62. The van der Waals surface area contributed by atoms with Crippen LogP contribution in [-0.2, 0) is 9.53 Å². The molecule has 2 aromatic heterocycles. The van der Waals surface area contributed by atoms with Crippen molar-refractivity contribution < 1.29 is 18.7 Å². The van der Waals surface area contributed by atoms with Crippen LogP contribution in [0.5, 0.6) is 0 Å². The number of halogens is 1. The molecule has 1 aromatic carbocycles. The summed E-state index contributed by atoms with van der Waals surface area (Å²) >= 11 is 1.48. The highest BCUT2D eigenvalue weighted by molar-refractivity contribution is 7.18. The number of pyridine rings is 1. The number of cyclic esters (lactones) is 1. The molecule has 0 bridgehead atoms. The van der Waals surface area contributed by atoms with Gasteiger partial charge < -0.3 is 10.1 Å². The molecule has 0 aliphatic carbocycles. The van der Waals surface area contributed by atoms with Gasteiger partial charge in [0.1, 0.15) is 11.9 Å². The van der Waals surface area contributed by atoms with Gasteiger partial charge in [-0.15, -0.1) is 11.3 Å². The number of aromatic nitrogens is 1. The van der Waals surface area contributed by atoms with Gasteiger partial charge in [0.2, 0.25) is 5.91 Å². The molecule has 1 unspecified atom stereocenters. The molecule has 4 rings (SSSR count). The first-order valence-corrected chi connectivity index (χ1v) is 9.85. The summed E-state index contributed by atoms with van der Waals surface area (Å²) in [6.07, 6.45) is 2.46. The molecule has 6 nitrogen and oxygen atoms in total. The standard InChI is InChI=1S/C21H18FN3O3S/c1-13(26)24-11-16-12-25(21(27)28-16)15-4-5-17(18(22)9-15)20-7-6-19(29-20)14-3-2-8-23-10-14/h2-10,16H,11-12H2,1H3,(H,24,26). The van der Waals surface area contributed by atoms with E-state index in [9.17, 15) is 14.0 Å². The first-order valence-electron chi connectivity index (χ1n) is 9.04. The summed E-state index contributed by atoms with van der Waals surface area (Å²) in [5.41, 5.74) is 1.87. The number of carbonyl (C=O) groups excluding carboxylic acids is 2. The normalized spacial score (nSPS) is 16.0. The quantitative estimate of drug-likeness (QED) is 0.687. The Morgan fingerprint density at radius 2 is 2.14 bits per heavy atom. The third kappa shape index (κ3) is 4.12. The second kappa shape index (κ2) is 8.00. The minimum absolute atomic E-state index is 0.198. The fourth-order valence-electron chi connectivity index (χ4n) is 3.11. The van der Waals surface area contributed by atoms with Gasteiger partial charge >= 0.3 is 6.09 Å². The molecule has 0 spiro atoms. The molecule has 1 saturated heterocycles. The van der Waals surface area contributed by atoms with Crippen LogP contribution in [-0.4, -0.2) is 36.2 Å². The third-order valence-corrected chi connectivity index (χ3v) is 5.70. The number of anilines is 1. The second-order valence-electron chi connectivity index (χ2n) is 6.62. The van der Waals surface area contributed by atoms with E-state index in [4.69, 9.17) is 4.74 Å². The van der Waals surface area contributed by atoms with Crippen LogP contribution in [0.4, 0.5) is 14.9 Å². The second-order valence-corrected chi connectivity index (χ2v) is 7.71. The van der Waals surface area contributed by atoms with Crippen LogP contribution in [0.1, 0.15) is 6.92 Å². The zero-order valence-electron chi connectivity index (χ0n) is 15.6. The summed E-state index contributed by atoms with van der Waals surface area (Å²) in [6, 6.07) is 12.3. The fourth-order valence-corrected chi connectivity index (χ4v) is 4.14. The number of benzene rings is 1. The van der Waals surface area contributed by atoms with E-state index in [1.807, 2.05) is 24.3 Å². The van der Waals surface area contributed by atoms with Gasteiger partial charge in [0, 0.05) is 40.2 Å². The van der Waals surface area contributed by atoms with Crippen molar-refractivity contribution in [3.8, 4) is 20.9 Å². The van der Waals surface area contributed by atoms with E-state index >= 15 is 0 Å². The zero-order chi connectivity index (χ0) is 20.4. The smallest absolute Gasteiger partial charge is 0.414 e. The molecular weight excluding hydrogens is 393 g/mol. The monoisotopic (exact) mass is 411 g/mol. The van der Waals surface area contributed by atoms with Crippen molar-refractivity contribution in [2.75, 3.05) is 18.0 Å². The predicted octanol–water partition coefficient (Wildman–Crippen LogP) is 4.08. The number of nitrogens with zero attached hydrogens (tertiary/aromatic N) is 2. The fraction of sp³-hybridized carbons (Fsp3) is 0.190. The van der Waals surface area contributed by atoms with Gasteiger partial charge in [0.25, 0.3) is 0 Å². The lowest BCUT2D eigenvalue weighted by Crippen LogP contribution is -2.33. The van der Waals surface area contributed by atoms with E-state index in [0.29, 0.717) is 11.3 Å². The minimum atomic E-state index is -0.553. The van der Waals surface area contributed by atoms with E-state index in [1.165, 1.54) is 29.2 Å². The molecule has 1 atom stereocenters. The van der Waals surface area contributed by atoms with Gasteiger partial charge in [-0.25, -0.2) is 9.18 Å². The van der Waals surface area contributed by atoms with Crippen molar-refractivity contribution in [2.45, 2.75) is 13.0 Å². The van der Waals surface area contributed by atoms with Crippen molar-refractivity contribution in [1.82, 2.24) is 10.3 Å². The van der Waals surface area contributed by atoms with E-state index in [1.54, 1.807) is 24.5 Å². The van der Waals surface area contributed by atoms with E-state index in [-0.39, 0.29) is 19.0 Å². The molecule has 3 aromatic rings. The Labute approximate surface area is 171 Å². The van der Waals surface area contributed by atoms with E-state index in [2.05, 4.69) is 10.3 Å². The number of thiophene rings is 1. The maximum absolute atomic E-state index is 14.8. The summed E-state index contributed by atoms with van der Waals surface area (Å²) in [7, 11) is 0. The molecule has 29 heavy (non-hydrogen) atoms. The first kappa shape index (κ1) is 19.1. The molecule has 0 saturated carbocycles. The van der Waals surface area contributed by atoms with Crippen molar-refractivity contribution in [2.24, 2.45) is 0 Å². The number of ether oxygens (including phenoxy) is 1.